The van der Waals surface area contributed by atoms with Crippen LogP contribution in [0.25, 0.3) is 0 Å². The number of aromatic amines is 1. The number of aromatic nitrogens is 2. The first-order valence-corrected chi connectivity index (χ1v) is 8.28. The molecule has 7 nitrogen and oxygen atoms in total. The van der Waals surface area contributed by atoms with Crippen LogP contribution in [0.15, 0.2) is 29.1 Å². The molecule has 1 aliphatic carbocycles. The number of halogens is 2. The second-order valence-corrected chi connectivity index (χ2v) is 6.28. The predicted molar refractivity (Wildman–Crippen MR) is 89.9 cm³/mol. The quantitative estimate of drug-likeness (QED) is 0.774. The third-order valence-corrected chi connectivity index (χ3v) is 4.14. The van der Waals surface area contributed by atoms with Crippen molar-refractivity contribution in [1.29, 1.82) is 0 Å². The first kappa shape index (κ1) is 18.7. The van der Waals surface area contributed by atoms with E-state index in [1.807, 2.05) is 0 Å². The van der Waals surface area contributed by atoms with E-state index in [2.05, 4.69) is 14.7 Å². The Bertz CT molecular complexity index is 940. The summed E-state index contributed by atoms with van der Waals surface area (Å²) in [5.74, 6) is -2.92. The molecule has 0 spiro atoms. The topological polar surface area (TPSA) is 92.4 Å². The number of methoxy groups -OCH3 is 1. The molecule has 9 heteroatoms. The standard InChI is InChI=1S/C18H17F2N3O4/c1-27-16(25)9-23(8-10-2-5-12(19)13(20)6-10)18(26)14-7-15(24)22-17(21-14)11-3-4-11/h2,5-7,11H,3-4,8-9H2,1H3,(H,21,22,24). The second-order valence-electron chi connectivity index (χ2n) is 6.28. The molecule has 1 saturated carbocycles. The van der Waals surface area contributed by atoms with Crippen molar-refractivity contribution in [3.8, 4) is 0 Å². The summed E-state index contributed by atoms with van der Waals surface area (Å²) < 4.78 is 31.2. The molecule has 0 bridgehead atoms. The molecule has 2 aromatic rings. The third kappa shape index (κ3) is 4.55. The summed E-state index contributed by atoms with van der Waals surface area (Å²) in [5.41, 5.74) is -0.313. The number of carbonyl (C=O) groups is 2. The van der Waals surface area contributed by atoms with Gasteiger partial charge in [0, 0.05) is 18.5 Å². The van der Waals surface area contributed by atoms with E-state index in [1.54, 1.807) is 0 Å². The number of nitrogens with one attached hydrogen (secondary N) is 1. The van der Waals surface area contributed by atoms with Crippen LogP contribution in [0.2, 0.25) is 0 Å². The molecule has 0 aliphatic heterocycles. The number of nitrogens with zero attached hydrogens (tertiary/aromatic N) is 2. The van der Waals surface area contributed by atoms with E-state index >= 15 is 0 Å². The number of carbonyl (C=O) groups excluding carboxylic acids is 2. The van der Waals surface area contributed by atoms with Gasteiger partial charge in [-0.3, -0.25) is 14.4 Å². The van der Waals surface area contributed by atoms with Crippen molar-refractivity contribution in [3.63, 3.8) is 0 Å². The Morgan fingerprint density at radius 2 is 2.00 bits per heavy atom. The van der Waals surface area contributed by atoms with Crippen molar-refractivity contribution in [2.45, 2.75) is 25.3 Å². The molecule has 0 radical (unpaired) electrons. The van der Waals surface area contributed by atoms with Gasteiger partial charge in [-0.15, -0.1) is 0 Å². The van der Waals surface area contributed by atoms with Crippen LogP contribution in [0.4, 0.5) is 8.78 Å². The summed E-state index contributed by atoms with van der Waals surface area (Å²) in [5, 5.41) is 0. The lowest BCUT2D eigenvalue weighted by Crippen LogP contribution is -2.37. The molecule has 3 rings (SSSR count). The fourth-order valence-electron chi connectivity index (χ4n) is 2.58. The van der Waals surface area contributed by atoms with Gasteiger partial charge in [-0.1, -0.05) is 6.07 Å². The molecule has 1 aliphatic rings. The second kappa shape index (κ2) is 7.65. The summed E-state index contributed by atoms with van der Waals surface area (Å²) in [4.78, 5) is 44.2. The molecular weight excluding hydrogens is 360 g/mol. The number of amides is 1. The molecule has 1 aromatic carbocycles. The van der Waals surface area contributed by atoms with E-state index in [9.17, 15) is 23.2 Å². The van der Waals surface area contributed by atoms with Gasteiger partial charge < -0.3 is 14.6 Å². The van der Waals surface area contributed by atoms with Crippen LogP contribution in [0.1, 0.15) is 40.6 Å². The minimum absolute atomic E-state index is 0.116. The number of benzene rings is 1. The largest absolute Gasteiger partial charge is 0.468 e. The van der Waals surface area contributed by atoms with Crippen molar-refractivity contribution >= 4 is 11.9 Å². The highest BCUT2D eigenvalue weighted by molar-refractivity contribution is 5.94. The van der Waals surface area contributed by atoms with Gasteiger partial charge in [0.2, 0.25) is 0 Å². The highest BCUT2D eigenvalue weighted by Crippen LogP contribution is 2.37. The van der Waals surface area contributed by atoms with Gasteiger partial charge in [0.1, 0.15) is 18.1 Å². The van der Waals surface area contributed by atoms with Gasteiger partial charge in [-0.2, -0.15) is 0 Å². The minimum atomic E-state index is -1.07. The Morgan fingerprint density at radius 1 is 1.26 bits per heavy atom. The SMILES string of the molecule is COC(=O)CN(Cc1ccc(F)c(F)c1)C(=O)c1cc(=O)[nH]c(C2CC2)n1. The van der Waals surface area contributed by atoms with Crippen LogP contribution < -0.4 is 5.56 Å². The zero-order chi connectivity index (χ0) is 19.6. The summed E-state index contributed by atoms with van der Waals surface area (Å²) >= 11 is 0. The van der Waals surface area contributed by atoms with E-state index in [0.29, 0.717) is 5.82 Å². The maximum Gasteiger partial charge on any atom is 0.325 e. The lowest BCUT2D eigenvalue weighted by Gasteiger charge is -2.21. The normalized spacial score (nSPS) is 13.3. The number of hydrogen-bond donors (Lipinski definition) is 1. The van der Waals surface area contributed by atoms with Crippen molar-refractivity contribution in [1.82, 2.24) is 14.9 Å². The highest BCUT2D eigenvalue weighted by Gasteiger charge is 2.28. The van der Waals surface area contributed by atoms with Crippen LogP contribution in [0, 0.1) is 11.6 Å². The lowest BCUT2D eigenvalue weighted by molar-refractivity contribution is -0.141. The average Bonchev–Trinajstić information content (AvgIpc) is 3.48. The maximum atomic E-state index is 13.5. The van der Waals surface area contributed by atoms with Gasteiger partial charge in [0.25, 0.3) is 11.5 Å². The summed E-state index contributed by atoms with van der Waals surface area (Å²) in [6, 6.07) is 4.22. The molecule has 1 fully saturated rings. The summed E-state index contributed by atoms with van der Waals surface area (Å²) in [7, 11) is 1.17. The Hall–Kier alpha value is -3.10. The van der Waals surface area contributed by atoms with E-state index in [0.717, 1.165) is 35.9 Å². The van der Waals surface area contributed by atoms with Gasteiger partial charge in [0.05, 0.1) is 7.11 Å². The number of esters is 1. The molecule has 1 N–H and O–H groups in total. The Morgan fingerprint density at radius 3 is 2.63 bits per heavy atom. The number of ether oxygens (including phenoxy) is 1. The van der Waals surface area contributed by atoms with Gasteiger partial charge in [0.15, 0.2) is 11.6 Å². The van der Waals surface area contributed by atoms with E-state index in [4.69, 9.17) is 0 Å². The predicted octanol–water partition coefficient (Wildman–Crippen LogP) is 1.74. The summed E-state index contributed by atoms with van der Waals surface area (Å²) in [6.07, 6.45) is 1.75. The van der Waals surface area contributed by atoms with E-state index in [1.165, 1.54) is 13.2 Å². The van der Waals surface area contributed by atoms with Crippen LogP contribution in [0.3, 0.4) is 0 Å². The summed E-state index contributed by atoms with van der Waals surface area (Å²) in [6.45, 7) is -0.611. The zero-order valence-corrected chi connectivity index (χ0v) is 14.5. The minimum Gasteiger partial charge on any atom is -0.468 e. The monoisotopic (exact) mass is 377 g/mol. The first-order valence-electron chi connectivity index (χ1n) is 8.28. The maximum absolute atomic E-state index is 13.5. The molecular formula is C18H17F2N3O4. The zero-order valence-electron chi connectivity index (χ0n) is 14.5. The van der Waals surface area contributed by atoms with Gasteiger partial charge >= 0.3 is 5.97 Å². The van der Waals surface area contributed by atoms with Crippen LogP contribution in [0.5, 0.6) is 0 Å². The van der Waals surface area contributed by atoms with Gasteiger partial charge in [-0.25, -0.2) is 13.8 Å². The lowest BCUT2D eigenvalue weighted by atomic mass is 10.2. The van der Waals surface area contributed by atoms with Crippen molar-refractivity contribution in [2.24, 2.45) is 0 Å². The van der Waals surface area contributed by atoms with E-state index < -0.39 is 35.6 Å². The fraction of sp³-hybridized carbons (Fsp3) is 0.333. The molecule has 1 amide bonds. The van der Waals surface area contributed by atoms with Crippen LogP contribution >= 0.6 is 0 Å². The van der Waals surface area contributed by atoms with Crippen molar-refractivity contribution < 1.29 is 23.1 Å². The Balaban J connectivity index is 1.89. The number of H-pyrrole nitrogens is 1. The fourth-order valence-corrected chi connectivity index (χ4v) is 2.58. The Labute approximate surface area is 153 Å². The molecule has 0 unspecified atom stereocenters. The highest BCUT2D eigenvalue weighted by atomic mass is 19.2. The number of rotatable bonds is 6. The average molecular weight is 377 g/mol. The first-order chi connectivity index (χ1) is 12.9. The van der Waals surface area contributed by atoms with Crippen molar-refractivity contribution in [3.05, 3.63) is 63.3 Å². The molecule has 1 aromatic heterocycles. The molecule has 0 saturated heterocycles. The molecule has 0 atom stereocenters. The van der Waals surface area contributed by atoms with Crippen LogP contribution in [-0.4, -0.2) is 40.4 Å². The van der Waals surface area contributed by atoms with Crippen LogP contribution in [-0.2, 0) is 16.1 Å². The van der Waals surface area contributed by atoms with Gasteiger partial charge in [-0.05, 0) is 30.5 Å². The Kier molecular flexibility index (Phi) is 5.29. The molecule has 142 valence electrons. The van der Waals surface area contributed by atoms with E-state index in [-0.39, 0.29) is 23.7 Å². The molecule has 27 heavy (non-hydrogen) atoms. The third-order valence-electron chi connectivity index (χ3n) is 4.14. The number of hydrogen-bond acceptors (Lipinski definition) is 5. The van der Waals surface area contributed by atoms with Crippen molar-refractivity contribution in [2.75, 3.05) is 13.7 Å². The smallest absolute Gasteiger partial charge is 0.325 e. The molecule has 1 heterocycles.